The molecular weight excluding hydrogens is 264 g/mol. The summed E-state index contributed by atoms with van der Waals surface area (Å²) in [6.07, 6.45) is 0.193. The Morgan fingerprint density at radius 3 is 2.43 bits per heavy atom. The third-order valence-corrected chi connectivity index (χ3v) is 3.81. The largest absolute Gasteiger partial charge is 0.508 e. The third-order valence-electron chi connectivity index (χ3n) is 3.81. The maximum absolute atomic E-state index is 11.4. The van der Waals surface area contributed by atoms with Gasteiger partial charge in [-0.15, -0.1) is 0 Å². The lowest BCUT2D eigenvalue weighted by atomic mass is 9.94. The molecule has 0 aliphatic heterocycles. The minimum Gasteiger partial charge on any atom is -0.508 e. The van der Waals surface area contributed by atoms with Crippen LogP contribution in [0.2, 0.25) is 0 Å². The molecule has 2 aromatic rings. The Hall–Kier alpha value is -2.13. The van der Waals surface area contributed by atoms with Crippen molar-refractivity contribution in [1.29, 1.82) is 0 Å². The number of hydrogen-bond donors (Lipinski definition) is 1. The van der Waals surface area contributed by atoms with Gasteiger partial charge in [0.1, 0.15) is 11.9 Å². The quantitative estimate of drug-likeness (QED) is 0.850. The maximum Gasteiger partial charge on any atom is 0.153 e. The molecule has 0 bridgehead atoms. The number of carbonyl (C=O) groups excluding carboxylic acids is 1. The first-order valence-electron chi connectivity index (χ1n) is 6.95. The van der Waals surface area contributed by atoms with Gasteiger partial charge in [0, 0.05) is 0 Å². The van der Waals surface area contributed by atoms with Gasteiger partial charge >= 0.3 is 0 Å². The highest BCUT2D eigenvalue weighted by Crippen LogP contribution is 2.31. The van der Waals surface area contributed by atoms with Crippen molar-refractivity contribution < 1.29 is 14.6 Å². The standard InChI is InChI=1S/C18H20O3/c1-12-9-16(20)13(2)14(3)18(12)17(10-19)21-11-15-7-5-4-6-8-15/h4-10,17,20H,11H2,1-3H3. The first kappa shape index (κ1) is 15.3. The number of aryl methyl sites for hydroxylation is 1. The number of aldehydes is 1. The van der Waals surface area contributed by atoms with Crippen LogP contribution in [0.1, 0.15) is 33.9 Å². The van der Waals surface area contributed by atoms with Crippen LogP contribution in [0.25, 0.3) is 0 Å². The average Bonchev–Trinajstić information content (AvgIpc) is 2.49. The fraction of sp³-hybridized carbons (Fsp3) is 0.278. The van der Waals surface area contributed by atoms with Crippen LogP contribution >= 0.6 is 0 Å². The summed E-state index contributed by atoms with van der Waals surface area (Å²) < 4.78 is 5.77. The minimum absolute atomic E-state index is 0.251. The van der Waals surface area contributed by atoms with Crippen molar-refractivity contribution in [3.63, 3.8) is 0 Å². The van der Waals surface area contributed by atoms with E-state index in [0.717, 1.165) is 34.1 Å². The molecule has 1 unspecified atom stereocenters. The van der Waals surface area contributed by atoms with E-state index in [1.807, 2.05) is 51.1 Å². The zero-order chi connectivity index (χ0) is 15.4. The van der Waals surface area contributed by atoms with E-state index in [2.05, 4.69) is 0 Å². The maximum atomic E-state index is 11.4. The molecule has 0 heterocycles. The Kier molecular flexibility index (Phi) is 4.76. The van der Waals surface area contributed by atoms with Crippen LogP contribution in [0.15, 0.2) is 36.4 Å². The van der Waals surface area contributed by atoms with Crippen molar-refractivity contribution in [2.75, 3.05) is 0 Å². The van der Waals surface area contributed by atoms with Gasteiger partial charge in [0.05, 0.1) is 6.61 Å². The van der Waals surface area contributed by atoms with Crippen molar-refractivity contribution in [3.05, 3.63) is 64.2 Å². The molecule has 0 amide bonds. The second-order valence-corrected chi connectivity index (χ2v) is 5.23. The predicted octanol–water partition coefficient (Wildman–Crippen LogP) is 3.77. The number of aromatic hydroxyl groups is 1. The summed E-state index contributed by atoms with van der Waals surface area (Å²) in [6, 6.07) is 11.4. The number of benzene rings is 2. The fourth-order valence-electron chi connectivity index (χ4n) is 2.47. The van der Waals surface area contributed by atoms with E-state index >= 15 is 0 Å². The number of hydrogen-bond acceptors (Lipinski definition) is 3. The van der Waals surface area contributed by atoms with E-state index in [9.17, 15) is 9.90 Å². The van der Waals surface area contributed by atoms with Gasteiger partial charge in [0.15, 0.2) is 6.29 Å². The van der Waals surface area contributed by atoms with Crippen molar-refractivity contribution >= 4 is 6.29 Å². The summed E-state index contributed by atoms with van der Waals surface area (Å²) in [7, 11) is 0. The normalized spacial score (nSPS) is 12.1. The van der Waals surface area contributed by atoms with E-state index < -0.39 is 6.10 Å². The molecule has 0 spiro atoms. The van der Waals surface area contributed by atoms with Crippen molar-refractivity contribution in [2.45, 2.75) is 33.5 Å². The topological polar surface area (TPSA) is 46.5 Å². The highest BCUT2D eigenvalue weighted by Gasteiger charge is 2.19. The average molecular weight is 284 g/mol. The summed E-state index contributed by atoms with van der Waals surface area (Å²) in [5, 5.41) is 9.84. The number of ether oxygens (including phenoxy) is 1. The molecule has 0 aliphatic carbocycles. The molecule has 0 fully saturated rings. The van der Waals surface area contributed by atoms with Crippen molar-refractivity contribution in [1.82, 2.24) is 0 Å². The minimum atomic E-state index is -0.621. The van der Waals surface area contributed by atoms with Crippen LogP contribution in [0.4, 0.5) is 0 Å². The van der Waals surface area contributed by atoms with Crippen LogP contribution in [-0.4, -0.2) is 11.4 Å². The molecule has 1 N–H and O–H groups in total. The van der Waals surface area contributed by atoms with Crippen LogP contribution < -0.4 is 0 Å². The van der Waals surface area contributed by atoms with E-state index in [1.54, 1.807) is 6.07 Å². The monoisotopic (exact) mass is 284 g/mol. The molecule has 3 heteroatoms. The first-order chi connectivity index (χ1) is 10.0. The van der Waals surface area contributed by atoms with Crippen molar-refractivity contribution in [3.8, 4) is 5.75 Å². The van der Waals surface area contributed by atoms with Gasteiger partial charge in [-0.3, -0.25) is 0 Å². The highest BCUT2D eigenvalue weighted by molar-refractivity contribution is 5.64. The van der Waals surface area contributed by atoms with Crippen LogP contribution in [0, 0.1) is 20.8 Å². The number of carbonyl (C=O) groups is 1. The van der Waals surface area contributed by atoms with Gasteiger partial charge in [0.2, 0.25) is 0 Å². The molecule has 2 rings (SSSR count). The van der Waals surface area contributed by atoms with Crippen molar-refractivity contribution in [2.24, 2.45) is 0 Å². The summed E-state index contributed by atoms with van der Waals surface area (Å²) >= 11 is 0. The summed E-state index contributed by atoms with van der Waals surface area (Å²) in [6.45, 7) is 6.00. The van der Waals surface area contributed by atoms with Crippen LogP contribution in [0.5, 0.6) is 5.75 Å². The van der Waals surface area contributed by atoms with Gasteiger partial charge in [-0.1, -0.05) is 30.3 Å². The first-order valence-corrected chi connectivity index (χ1v) is 6.95. The Morgan fingerprint density at radius 2 is 1.81 bits per heavy atom. The lowest BCUT2D eigenvalue weighted by molar-refractivity contribution is -0.119. The van der Waals surface area contributed by atoms with Gasteiger partial charge < -0.3 is 14.6 Å². The molecule has 0 aliphatic rings. The molecule has 3 nitrogen and oxygen atoms in total. The zero-order valence-corrected chi connectivity index (χ0v) is 12.6. The number of rotatable bonds is 5. The fourth-order valence-corrected chi connectivity index (χ4v) is 2.47. The van der Waals surface area contributed by atoms with Crippen LogP contribution in [-0.2, 0) is 16.1 Å². The van der Waals surface area contributed by atoms with Gasteiger partial charge in [0.25, 0.3) is 0 Å². The summed E-state index contributed by atoms with van der Waals surface area (Å²) in [4.78, 5) is 11.4. The van der Waals surface area contributed by atoms with E-state index in [0.29, 0.717) is 6.61 Å². The van der Waals surface area contributed by atoms with Gasteiger partial charge in [-0.25, -0.2) is 0 Å². The van der Waals surface area contributed by atoms with E-state index in [4.69, 9.17) is 4.74 Å². The lowest BCUT2D eigenvalue weighted by Gasteiger charge is -2.19. The molecule has 1 atom stereocenters. The second-order valence-electron chi connectivity index (χ2n) is 5.23. The Balaban J connectivity index is 2.26. The smallest absolute Gasteiger partial charge is 0.153 e. The molecule has 0 saturated carbocycles. The third kappa shape index (κ3) is 3.31. The molecule has 110 valence electrons. The zero-order valence-electron chi connectivity index (χ0n) is 12.6. The Labute approximate surface area is 125 Å². The highest BCUT2D eigenvalue weighted by atomic mass is 16.5. The van der Waals surface area contributed by atoms with Crippen LogP contribution in [0.3, 0.4) is 0 Å². The summed E-state index contributed by atoms with van der Waals surface area (Å²) in [5.74, 6) is 0.251. The molecule has 2 aromatic carbocycles. The van der Waals surface area contributed by atoms with Gasteiger partial charge in [-0.05, 0) is 54.7 Å². The Bertz CT molecular complexity index is 633. The summed E-state index contributed by atoms with van der Waals surface area (Å²) in [5.41, 5.74) is 4.41. The lowest BCUT2D eigenvalue weighted by Crippen LogP contribution is -2.10. The van der Waals surface area contributed by atoms with Gasteiger partial charge in [-0.2, -0.15) is 0 Å². The Morgan fingerprint density at radius 1 is 1.14 bits per heavy atom. The van der Waals surface area contributed by atoms with E-state index in [1.165, 1.54) is 0 Å². The second kappa shape index (κ2) is 6.55. The molecule has 0 saturated heterocycles. The van der Waals surface area contributed by atoms with E-state index in [-0.39, 0.29) is 5.75 Å². The molecular formula is C18H20O3. The molecule has 0 radical (unpaired) electrons. The molecule has 21 heavy (non-hydrogen) atoms. The number of phenols is 1. The molecule has 0 aromatic heterocycles. The number of phenolic OH excluding ortho intramolecular Hbond substituents is 1. The SMILES string of the molecule is Cc1cc(O)c(C)c(C)c1C(C=O)OCc1ccccc1. The predicted molar refractivity (Wildman–Crippen MR) is 82.4 cm³/mol.